The normalized spacial score (nSPS) is 22.2. The van der Waals surface area contributed by atoms with Gasteiger partial charge in [0.1, 0.15) is 21.8 Å². The number of nitrogens with zero attached hydrogens (tertiary/aromatic N) is 4. The summed E-state index contributed by atoms with van der Waals surface area (Å²) in [6.07, 6.45) is 13.3. The van der Waals surface area contributed by atoms with Gasteiger partial charge in [-0.2, -0.15) is 0 Å². The number of carbonyl (C=O) groups is 6. The van der Waals surface area contributed by atoms with E-state index in [4.69, 9.17) is 9.97 Å². The molecule has 14 nitrogen and oxygen atoms in total. The molecule has 4 aromatic rings. The van der Waals surface area contributed by atoms with E-state index in [0.717, 1.165) is 96.7 Å². The SMILES string of the molecule is CC[C@@H](C)C(=O)N[C@H](C(=O)N1C[C@@H](NC(=O)CCCCC(=O)N[C@H]2C[C@@H](c3nc(-c4ccccc4)cs3)N(C(=O)[C@@H](CC(=O)[C@H](C)NC)C3CCCCC3)C2)C[C@H]1c1nc(-c2ccccc2)cs1)C1CCCCC1. The Kier molecular flexibility index (Phi) is 19.6. The number of unbranched alkanes of at least 4 members (excludes halogenated alkanes) is 1. The summed E-state index contributed by atoms with van der Waals surface area (Å²) in [6.45, 7) is 6.37. The lowest BCUT2D eigenvalue weighted by Crippen LogP contribution is -2.54. The molecule has 0 bridgehead atoms. The third-order valence-electron chi connectivity index (χ3n) is 16.3. The average molecular weight is 1050 g/mol. The van der Waals surface area contributed by atoms with Gasteiger partial charge in [0.05, 0.1) is 29.5 Å². The lowest BCUT2D eigenvalue weighted by Gasteiger charge is -2.35. The molecule has 4 fully saturated rings. The fourth-order valence-corrected chi connectivity index (χ4v) is 13.5. The molecule has 4 N–H and O–H groups in total. The van der Waals surface area contributed by atoms with E-state index in [9.17, 15) is 28.8 Å². The second-order valence-corrected chi connectivity index (χ2v) is 23.3. The first kappa shape index (κ1) is 54.9. The van der Waals surface area contributed by atoms with Crippen molar-refractivity contribution in [1.29, 1.82) is 0 Å². The van der Waals surface area contributed by atoms with E-state index in [-0.39, 0.29) is 103 Å². The van der Waals surface area contributed by atoms with Gasteiger partial charge in [-0.25, -0.2) is 9.97 Å². The summed E-state index contributed by atoms with van der Waals surface area (Å²) in [6, 6.07) is 17.6. The molecular weight excluding hydrogens is 969 g/mol. The number of rotatable bonds is 22. The number of hydrogen-bond donors (Lipinski definition) is 4. The van der Waals surface area contributed by atoms with Crippen LogP contribution < -0.4 is 21.3 Å². The van der Waals surface area contributed by atoms with Crippen LogP contribution in [0, 0.1) is 23.7 Å². The fraction of sp³-hybridized carbons (Fsp3) is 0.586. The van der Waals surface area contributed by atoms with E-state index in [1.807, 2.05) is 102 Å². The molecule has 16 heteroatoms. The molecule has 74 heavy (non-hydrogen) atoms. The van der Waals surface area contributed by atoms with Crippen molar-refractivity contribution < 1.29 is 28.8 Å². The van der Waals surface area contributed by atoms with E-state index in [1.54, 1.807) is 7.05 Å². The molecule has 4 aliphatic rings. The standard InChI is InChI=1S/C58H78N8O6S2/c1-5-37(2)54(70)64-53(42-26-16-9-17-27-42)58(72)66-34-44(31-49(66)56-63-47(36-74-56)41-24-14-8-15-25-41)61-52(69)29-19-18-28-51(68)60-43-30-48(55-62-46(35-73-55)40-22-12-7-13-23-40)65(33-43)57(71)45(32-50(67)38(3)59-4)39-20-10-6-11-21-39/h7-8,12-15,22-25,35-39,42-45,48-49,53,59H,5-6,9-11,16-21,26-34H2,1-4H3,(H,60,68)(H,61,69)(H,64,70)/t37-,38+,43+,44+,45+,48+,49+,53+/m1/s1. The van der Waals surface area contributed by atoms with Gasteiger partial charge in [-0.3, -0.25) is 28.8 Å². The van der Waals surface area contributed by atoms with Gasteiger partial charge in [-0.15, -0.1) is 22.7 Å². The molecule has 0 radical (unpaired) electrons. The van der Waals surface area contributed by atoms with Crippen LogP contribution in [0.2, 0.25) is 0 Å². The highest BCUT2D eigenvalue weighted by Gasteiger charge is 2.45. The Morgan fingerprint density at radius 2 is 1.12 bits per heavy atom. The molecule has 2 aromatic heterocycles. The smallest absolute Gasteiger partial charge is 0.246 e. The maximum Gasteiger partial charge on any atom is 0.246 e. The molecule has 2 aromatic carbocycles. The second kappa shape index (κ2) is 26.4. The van der Waals surface area contributed by atoms with E-state index < -0.39 is 12.0 Å². The Balaban J connectivity index is 0.897. The lowest BCUT2D eigenvalue weighted by atomic mass is 9.76. The van der Waals surface area contributed by atoms with Crippen LogP contribution in [0.5, 0.6) is 0 Å². The molecule has 4 heterocycles. The molecule has 398 valence electrons. The van der Waals surface area contributed by atoms with Gasteiger partial charge in [0.2, 0.25) is 29.5 Å². The van der Waals surface area contributed by atoms with Gasteiger partial charge in [-0.1, -0.05) is 113 Å². The minimum Gasteiger partial charge on any atom is -0.351 e. The summed E-state index contributed by atoms with van der Waals surface area (Å²) in [4.78, 5) is 97.7. The number of thiazole rings is 2. The molecule has 0 unspecified atom stereocenters. The van der Waals surface area contributed by atoms with Gasteiger partial charge in [0.15, 0.2) is 0 Å². The summed E-state index contributed by atoms with van der Waals surface area (Å²) in [5.41, 5.74) is 3.67. The van der Waals surface area contributed by atoms with Crippen LogP contribution in [0.25, 0.3) is 22.5 Å². The van der Waals surface area contributed by atoms with Crippen molar-refractivity contribution >= 4 is 58.0 Å². The molecular formula is C58H78N8O6S2. The molecule has 5 amide bonds. The van der Waals surface area contributed by atoms with E-state index in [2.05, 4.69) is 21.3 Å². The molecule has 2 aliphatic heterocycles. The first-order valence-electron chi connectivity index (χ1n) is 27.6. The molecule has 2 saturated carbocycles. The van der Waals surface area contributed by atoms with E-state index in [1.165, 1.54) is 22.7 Å². The molecule has 8 atom stereocenters. The van der Waals surface area contributed by atoms with Crippen molar-refractivity contribution in [3.8, 4) is 22.5 Å². The zero-order chi connectivity index (χ0) is 52.1. The number of amides is 5. The van der Waals surface area contributed by atoms with Crippen LogP contribution in [0.3, 0.4) is 0 Å². The predicted molar refractivity (Wildman–Crippen MR) is 292 cm³/mol. The average Bonchev–Trinajstić information content (AvgIpc) is 4.28. The number of Topliss-reactive ketones (excluding diaryl/α,β-unsaturated/α-hetero) is 1. The minimum absolute atomic E-state index is 0.0279. The highest BCUT2D eigenvalue weighted by Crippen LogP contribution is 2.42. The van der Waals surface area contributed by atoms with Crippen molar-refractivity contribution in [2.75, 3.05) is 20.1 Å². The molecule has 0 spiro atoms. The predicted octanol–water partition coefficient (Wildman–Crippen LogP) is 9.59. The summed E-state index contributed by atoms with van der Waals surface area (Å²) in [7, 11) is 1.77. The topological polar surface area (TPSA) is 183 Å². The number of likely N-dealkylation sites (N-methyl/N-ethyl adjacent to an activating group) is 1. The van der Waals surface area contributed by atoms with E-state index in [0.29, 0.717) is 45.2 Å². The van der Waals surface area contributed by atoms with E-state index >= 15 is 0 Å². The van der Waals surface area contributed by atoms with Gasteiger partial charge < -0.3 is 31.1 Å². The quantitative estimate of drug-likeness (QED) is 0.0557. The number of likely N-dealkylation sites (tertiary alicyclic amines) is 2. The largest absolute Gasteiger partial charge is 0.351 e. The summed E-state index contributed by atoms with van der Waals surface area (Å²) < 4.78 is 0. The third kappa shape index (κ3) is 13.9. The highest BCUT2D eigenvalue weighted by atomic mass is 32.1. The monoisotopic (exact) mass is 1050 g/mol. The van der Waals surface area contributed by atoms with Crippen LogP contribution in [0.4, 0.5) is 0 Å². The Bertz CT molecular complexity index is 2340. The van der Waals surface area contributed by atoms with Crippen molar-refractivity contribution in [2.45, 2.75) is 173 Å². The Labute approximate surface area is 446 Å². The number of nitrogens with one attached hydrogen (secondary N) is 4. The first-order chi connectivity index (χ1) is 35.9. The maximum absolute atomic E-state index is 14.9. The number of ketones is 1. The summed E-state index contributed by atoms with van der Waals surface area (Å²) in [5.74, 6) is -0.957. The molecule has 2 aliphatic carbocycles. The van der Waals surface area contributed by atoms with Crippen LogP contribution >= 0.6 is 22.7 Å². The highest BCUT2D eigenvalue weighted by molar-refractivity contribution is 7.10. The first-order valence-corrected chi connectivity index (χ1v) is 29.4. The van der Waals surface area contributed by atoms with Crippen molar-refractivity contribution in [3.63, 3.8) is 0 Å². The van der Waals surface area contributed by atoms with Gasteiger partial charge in [0.25, 0.3) is 0 Å². The van der Waals surface area contributed by atoms with Crippen LogP contribution in [-0.2, 0) is 28.8 Å². The van der Waals surface area contributed by atoms with Crippen molar-refractivity contribution in [1.82, 2.24) is 41.0 Å². The Morgan fingerprint density at radius 1 is 0.649 bits per heavy atom. The maximum atomic E-state index is 14.9. The van der Waals surface area contributed by atoms with Crippen LogP contribution in [0.1, 0.15) is 158 Å². The Hall–Kier alpha value is -5.32. The second-order valence-electron chi connectivity index (χ2n) is 21.5. The van der Waals surface area contributed by atoms with Gasteiger partial charge in [0, 0.05) is 78.2 Å². The molecule has 2 saturated heterocycles. The number of carbonyl (C=O) groups excluding carboxylic acids is 6. The lowest BCUT2D eigenvalue weighted by molar-refractivity contribution is -0.142. The van der Waals surface area contributed by atoms with Gasteiger partial charge >= 0.3 is 0 Å². The number of hydrogen-bond acceptors (Lipinski definition) is 11. The number of benzene rings is 2. The summed E-state index contributed by atoms with van der Waals surface area (Å²) in [5, 5.41) is 18.4. The third-order valence-corrected chi connectivity index (χ3v) is 18.2. The van der Waals surface area contributed by atoms with Crippen LogP contribution in [-0.4, -0.2) is 99.4 Å². The fourth-order valence-electron chi connectivity index (χ4n) is 11.6. The number of aromatic nitrogens is 2. The zero-order valence-corrected chi connectivity index (χ0v) is 45.5. The van der Waals surface area contributed by atoms with Crippen LogP contribution in [0.15, 0.2) is 71.4 Å². The van der Waals surface area contributed by atoms with Gasteiger partial charge in [-0.05, 0) is 83.6 Å². The zero-order valence-electron chi connectivity index (χ0n) is 43.9. The Morgan fingerprint density at radius 3 is 1.59 bits per heavy atom. The van der Waals surface area contributed by atoms with Crippen molar-refractivity contribution in [3.05, 3.63) is 81.4 Å². The minimum atomic E-state index is -0.645. The summed E-state index contributed by atoms with van der Waals surface area (Å²) >= 11 is 3.04. The van der Waals surface area contributed by atoms with Crippen molar-refractivity contribution in [2.24, 2.45) is 23.7 Å². The molecule has 8 rings (SSSR count).